The van der Waals surface area contributed by atoms with Crippen LogP contribution >= 0.6 is 15.9 Å². The molecule has 1 atom stereocenters. The summed E-state index contributed by atoms with van der Waals surface area (Å²) in [7, 11) is 0. The van der Waals surface area contributed by atoms with E-state index in [1.807, 2.05) is 29.2 Å². The number of halogens is 1. The Kier molecular flexibility index (Phi) is 5.86. The van der Waals surface area contributed by atoms with E-state index in [1.165, 1.54) is 0 Å². The lowest BCUT2D eigenvalue weighted by molar-refractivity contribution is -0.130. The predicted molar refractivity (Wildman–Crippen MR) is 82.6 cm³/mol. The average Bonchev–Trinajstić information content (AvgIpc) is 2.92. The molecule has 0 spiro atoms. The molecule has 5 heteroatoms. The molecule has 1 aliphatic rings. The van der Waals surface area contributed by atoms with Gasteiger partial charge in [-0.2, -0.15) is 0 Å². The van der Waals surface area contributed by atoms with Crippen molar-refractivity contribution in [3.05, 3.63) is 28.7 Å². The number of carbonyl (C=O) groups is 1. The van der Waals surface area contributed by atoms with E-state index in [9.17, 15) is 4.79 Å². The Bertz CT molecular complexity index is 453. The molecule has 110 valence electrons. The molecule has 0 saturated carbocycles. The van der Waals surface area contributed by atoms with Gasteiger partial charge in [0.2, 0.25) is 5.91 Å². The van der Waals surface area contributed by atoms with Crippen molar-refractivity contribution in [3.8, 4) is 5.75 Å². The lowest BCUT2D eigenvalue weighted by Crippen LogP contribution is -2.29. The Balaban J connectivity index is 1.65. The molecule has 2 N–H and O–H groups in total. The number of hydrogen-bond donors (Lipinski definition) is 1. The van der Waals surface area contributed by atoms with E-state index in [2.05, 4.69) is 15.9 Å². The zero-order chi connectivity index (χ0) is 14.4. The van der Waals surface area contributed by atoms with E-state index in [4.69, 9.17) is 10.5 Å². The van der Waals surface area contributed by atoms with Crippen LogP contribution in [0.5, 0.6) is 5.75 Å². The maximum Gasteiger partial charge on any atom is 0.222 e. The fourth-order valence-electron chi connectivity index (χ4n) is 2.38. The first-order chi connectivity index (χ1) is 9.69. The molecule has 1 aromatic rings. The molecule has 1 amide bonds. The third-order valence-electron chi connectivity index (χ3n) is 3.57. The van der Waals surface area contributed by atoms with Crippen LogP contribution in [0.15, 0.2) is 28.7 Å². The van der Waals surface area contributed by atoms with Gasteiger partial charge < -0.3 is 15.4 Å². The van der Waals surface area contributed by atoms with Crippen molar-refractivity contribution in [2.75, 3.05) is 26.2 Å². The van der Waals surface area contributed by atoms with Gasteiger partial charge in [-0.15, -0.1) is 0 Å². The van der Waals surface area contributed by atoms with Crippen molar-refractivity contribution in [1.29, 1.82) is 0 Å². The molecular weight excluding hydrogens is 320 g/mol. The zero-order valence-corrected chi connectivity index (χ0v) is 13.1. The molecule has 1 saturated heterocycles. The molecule has 1 unspecified atom stereocenters. The van der Waals surface area contributed by atoms with E-state index in [0.717, 1.165) is 36.2 Å². The fourth-order valence-corrected chi connectivity index (χ4v) is 2.76. The molecule has 1 aromatic carbocycles. The highest BCUT2D eigenvalue weighted by atomic mass is 79.9. The molecule has 2 rings (SSSR count). The summed E-state index contributed by atoms with van der Waals surface area (Å²) in [4.78, 5) is 13.9. The second kappa shape index (κ2) is 7.64. The highest BCUT2D eigenvalue weighted by molar-refractivity contribution is 9.10. The van der Waals surface area contributed by atoms with Crippen molar-refractivity contribution in [3.63, 3.8) is 0 Å². The topological polar surface area (TPSA) is 55.6 Å². The molecule has 0 radical (unpaired) electrons. The maximum absolute atomic E-state index is 12.0. The van der Waals surface area contributed by atoms with Gasteiger partial charge in [0, 0.05) is 24.0 Å². The van der Waals surface area contributed by atoms with E-state index in [0.29, 0.717) is 25.5 Å². The minimum Gasteiger partial charge on any atom is -0.494 e. The third kappa shape index (κ3) is 4.49. The summed E-state index contributed by atoms with van der Waals surface area (Å²) in [5.41, 5.74) is 5.63. The van der Waals surface area contributed by atoms with Crippen molar-refractivity contribution in [2.24, 2.45) is 11.7 Å². The van der Waals surface area contributed by atoms with Gasteiger partial charge in [-0.25, -0.2) is 0 Å². The minimum atomic E-state index is 0.221. The van der Waals surface area contributed by atoms with Gasteiger partial charge in [0.15, 0.2) is 0 Å². The Morgan fingerprint density at radius 1 is 1.50 bits per heavy atom. The monoisotopic (exact) mass is 340 g/mol. The molecule has 0 bridgehead atoms. The van der Waals surface area contributed by atoms with Gasteiger partial charge in [-0.05, 0) is 43.5 Å². The van der Waals surface area contributed by atoms with Crippen molar-refractivity contribution in [1.82, 2.24) is 4.90 Å². The van der Waals surface area contributed by atoms with E-state index in [1.54, 1.807) is 0 Å². The standard InChI is InChI=1S/C15H21BrN2O2/c16-13-3-1-4-14(9-13)20-8-2-5-15(19)18-7-6-12(10-17)11-18/h1,3-4,9,12H,2,5-8,10-11,17H2. The summed E-state index contributed by atoms with van der Waals surface area (Å²) in [6.07, 6.45) is 2.33. The maximum atomic E-state index is 12.0. The number of nitrogens with zero attached hydrogens (tertiary/aromatic N) is 1. The Labute approximate surface area is 128 Å². The van der Waals surface area contributed by atoms with Crippen molar-refractivity contribution >= 4 is 21.8 Å². The number of nitrogens with two attached hydrogens (primary N) is 1. The first-order valence-electron chi connectivity index (χ1n) is 7.05. The molecule has 1 heterocycles. The molecule has 1 fully saturated rings. The Morgan fingerprint density at radius 2 is 2.35 bits per heavy atom. The summed E-state index contributed by atoms with van der Waals surface area (Å²) >= 11 is 3.40. The van der Waals surface area contributed by atoms with Gasteiger partial charge in [-0.3, -0.25) is 4.79 Å². The largest absolute Gasteiger partial charge is 0.494 e. The van der Waals surface area contributed by atoms with Gasteiger partial charge in [0.25, 0.3) is 0 Å². The van der Waals surface area contributed by atoms with Gasteiger partial charge >= 0.3 is 0 Å². The molecular formula is C15H21BrN2O2. The number of ether oxygens (including phenoxy) is 1. The summed E-state index contributed by atoms with van der Waals surface area (Å²) in [5.74, 6) is 1.53. The lowest BCUT2D eigenvalue weighted by atomic mass is 10.1. The van der Waals surface area contributed by atoms with E-state index in [-0.39, 0.29) is 5.91 Å². The van der Waals surface area contributed by atoms with Gasteiger partial charge in [0.1, 0.15) is 5.75 Å². The second-order valence-electron chi connectivity index (χ2n) is 5.14. The minimum absolute atomic E-state index is 0.221. The van der Waals surface area contributed by atoms with Crippen LogP contribution in [0.3, 0.4) is 0 Å². The predicted octanol–water partition coefficient (Wildman–Crippen LogP) is 2.42. The van der Waals surface area contributed by atoms with Crippen LogP contribution in [0.25, 0.3) is 0 Å². The highest BCUT2D eigenvalue weighted by Crippen LogP contribution is 2.19. The summed E-state index contributed by atoms with van der Waals surface area (Å²) in [6, 6.07) is 7.73. The number of rotatable bonds is 6. The highest BCUT2D eigenvalue weighted by Gasteiger charge is 2.24. The molecule has 20 heavy (non-hydrogen) atoms. The number of hydrogen-bond acceptors (Lipinski definition) is 3. The number of carbonyl (C=O) groups excluding carboxylic acids is 1. The van der Waals surface area contributed by atoms with Gasteiger partial charge in [0.05, 0.1) is 6.61 Å². The summed E-state index contributed by atoms with van der Waals surface area (Å²) in [5, 5.41) is 0. The van der Waals surface area contributed by atoms with E-state index >= 15 is 0 Å². The SMILES string of the molecule is NCC1CCN(C(=O)CCCOc2cccc(Br)c2)C1. The van der Waals surface area contributed by atoms with Crippen molar-refractivity contribution in [2.45, 2.75) is 19.3 Å². The van der Waals surface area contributed by atoms with Crippen LogP contribution in [0.2, 0.25) is 0 Å². The smallest absolute Gasteiger partial charge is 0.222 e. The van der Waals surface area contributed by atoms with Crippen LogP contribution in [0, 0.1) is 5.92 Å². The normalized spacial score (nSPS) is 18.3. The zero-order valence-electron chi connectivity index (χ0n) is 11.6. The van der Waals surface area contributed by atoms with Gasteiger partial charge in [-0.1, -0.05) is 22.0 Å². The third-order valence-corrected chi connectivity index (χ3v) is 4.06. The Hall–Kier alpha value is -1.07. The summed E-state index contributed by atoms with van der Waals surface area (Å²) in [6.45, 7) is 2.92. The van der Waals surface area contributed by atoms with E-state index < -0.39 is 0 Å². The lowest BCUT2D eigenvalue weighted by Gasteiger charge is -2.16. The quantitative estimate of drug-likeness (QED) is 0.809. The van der Waals surface area contributed by atoms with Crippen LogP contribution < -0.4 is 10.5 Å². The number of amides is 1. The van der Waals surface area contributed by atoms with Crippen LogP contribution in [-0.2, 0) is 4.79 Å². The van der Waals surface area contributed by atoms with Crippen LogP contribution in [0.4, 0.5) is 0 Å². The Morgan fingerprint density at radius 3 is 3.05 bits per heavy atom. The number of likely N-dealkylation sites (tertiary alicyclic amines) is 1. The van der Waals surface area contributed by atoms with Crippen molar-refractivity contribution < 1.29 is 9.53 Å². The average molecular weight is 341 g/mol. The summed E-state index contributed by atoms with van der Waals surface area (Å²) < 4.78 is 6.62. The van der Waals surface area contributed by atoms with Crippen LogP contribution in [-0.4, -0.2) is 37.0 Å². The molecule has 0 aromatic heterocycles. The first kappa shape index (κ1) is 15.3. The molecule has 1 aliphatic heterocycles. The molecule has 0 aliphatic carbocycles. The number of benzene rings is 1. The first-order valence-corrected chi connectivity index (χ1v) is 7.84. The second-order valence-corrected chi connectivity index (χ2v) is 6.06. The molecule has 4 nitrogen and oxygen atoms in total. The van der Waals surface area contributed by atoms with Crippen LogP contribution in [0.1, 0.15) is 19.3 Å². The fraction of sp³-hybridized carbons (Fsp3) is 0.533.